The van der Waals surface area contributed by atoms with Crippen molar-refractivity contribution in [2.75, 3.05) is 0 Å². The molecule has 0 aliphatic heterocycles. The first-order chi connectivity index (χ1) is 8.74. The van der Waals surface area contributed by atoms with Gasteiger partial charge in [-0.2, -0.15) is 0 Å². The standard InChI is InChI=1S/C16H16O2/c1-2-7-13-14(10-6-11-15(13)17)16(18)12-8-4-3-5-9-12/h3-6,8-11,17H,2,7H2,1H3. The van der Waals surface area contributed by atoms with Crippen molar-refractivity contribution in [3.05, 3.63) is 65.2 Å². The summed E-state index contributed by atoms with van der Waals surface area (Å²) in [6.07, 6.45) is 1.60. The van der Waals surface area contributed by atoms with E-state index in [1.54, 1.807) is 30.3 Å². The van der Waals surface area contributed by atoms with Gasteiger partial charge in [-0.15, -0.1) is 0 Å². The second-order valence-corrected chi connectivity index (χ2v) is 4.25. The van der Waals surface area contributed by atoms with Gasteiger partial charge in [-0.25, -0.2) is 0 Å². The normalized spacial score (nSPS) is 10.3. The molecule has 92 valence electrons. The van der Waals surface area contributed by atoms with Crippen LogP contribution in [0.25, 0.3) is 0 Å². The Hall–Kier alpha value is -2.09. The number of hydrogen-bond acceptors (Lipinski definition) is 2. The maximum Gasteiger partial charge on any atom is 0.193 e. The highest BCUT2D eigenvalue weighted by atomic mass is 16.3. The molecule has 0 spiro atoms. The van der Waals surface area contributed by atoms with Gasteiger partial charge >= 0.3 is 0 Å². The van der Waals surface area contributed by atoms with Crippen LogP contribution in [-0.4, -0.2) is 10.9 Å². The van der Waals surface area contributed by atoms with Crippen LogP contribution in [0.3, 0.4) is 0 Å². The smallest absolute Gasteiger partial charge is 0.193 e. The third-order valence-corrected chi connectivity index (χ3v) is 2.93. The van der Waals surface area contributed by atoms with Crippen LogP contribution in [0.4, 0.5) is 0 Å². The zero-order valence-electron chi connectivity index (χ0n) is 10.4. The lowest BCUT2D eigenvalue weighted by atomic mass is 9.95. The number of aromatic hydroxyl groups is 1. The number of phenolic OH excluding ortho intramolecular Hbond substituents is 1. The van der Waals surface area contributed by atoms with Gasteiger partial charge in [0.1, 0.15) is 5.75 Å². The molecule has 0 aliphatic carbocycles. The van der Waals surface area contributed by atoms with Crippen LogP contribution >= 0.6 is 0 Å². The lowest BCUT2D eigenvalue weighted by molar-refractivity contribution is 0.103. The molecule has 0 saturated heterocycles. The fourth-order valence-electron chi connectivity index (χ4n) is 2.05. The first kappa shape index (κ1) is 12.4. The first-order valence-electron chi connectivity index (χ1n) is 6.14. The molecule has 0 unspecified atom stereocenters. The molecule has 0 atom stereocenters. The van der Waals surface area contributed by atoms with Crippen molar-refractivity contribution in [3.8, 4) is 5.75 Å². The number of benzene rings is 2. The van der Waals surface area contributed by atoms with E-state index < -0.39 is 0 Å². The number of ketones is 1. The van der Waals surface area contributed by atoms with E-state index in [1.807, 2.05) is 25.1 Å². The third-order valence-electron chi connectivity index (χ3n) is 2.93. The van der Waals surface area contributed by atoms with Gasteiger partial charge in [0.2, 0.25) is 0 Å². The highest BCUT2D eigenvalue weighted by molar-refractivity contribution is 6.10. The molecule has 0 saturated carbocycles. The Labute approximate surface area is 107 Å². The predicted molar refractivity (Wildman–Crippen MR) is 72.0 cm³/mol. The lowest BCUT2D eigenvalue weighted by Gasteiger charge is -2.09. The van der Waals surface area contributed by atoms with Gasteiger partial charge in [0.15, 0.2) is 5.78 Å². The van der Waals surface area contributed by atoms with E-state index in [0.717, 1.165) is 12.0 Å². The Balaban J connectivity index is 2.45. The van der Waals surface area contributed by atoms with Crippen molar-refractivity contribution in [2.24, 2.45) is 0 Å². The van der Waals surface area contributed by atoms with Crippen LogP contribution in [0.1, 0.15) is 34.8 Å². The maximum atomic E-state index is 12.4. The van der Waals surface area contributed by atoms with E-state index in [9.17, 15) is 9.90 Å². The Kier molecular flexibility index (Phi) is 3.78. The number of hydrogen-bond donors (Lipinski definition) is 1. The van der Waals surface area contributed by atoms with Crippen LogP contribution in [0.5, 0.6) is 5.75 Å². The highest BCUT2D eigenvalue weighted by Gasteiger charge is 2.15. The Bertz CT molecular complexity index is 544. The zero-order valence-corrected chi connectivity index (χ0v) is 10.4. The van der Waals surface area contributed by atoms with E-state index in [-0.39, 0.29) is 11.5 Å². The summed E-state index contributed by atoms with van der Waals surface area (Å²) < 4.78 is 0. The summed E-state index contributed by atoms with van der Waals surface area (Å²) in [5.41, 5.74) is 2.00. The van der Waals surface area contributed by atoms with Crippen LogP contribution in [-0.2, 0) is 6.42 Å². The number of carbonyl (C=O) groups excluding carboxylic acids is 1. The molecule has 0 bridgehead atoms. The molecule has 0 amide bonds. The van der Waals surface area contributed by atoms with Crippen LogP contribution < -0.4 is 0 Å². The van der Waals surface area contributed by atoms with Gasteiger partial charge in [-0.1, -0.05) is 55.8 Å². The first-order valence-corrected chi connectivity index (χ1v) is 6.14. The summed E-state index contributed by atoms with van der Waals surface area (Å²) in [4.78, 5) is 12.4. The summed E-state index contributed by atoms with van der Waals surface area (Å²) in [5, 5.41) is 9.87. The van der Waals surface area contributed by atoms with Crippen LogP contribution in [0.15, 0.2) is 48.5 Å². The van der Waals surface area contributed by atoms with E-state index in [2.05, 4.69) is 0 Å². The van der Waals surface area contributed by atoms with E-state index >= 15 is 0 Å². The summed E-state index contributed by atoms with van der Waals surface area (Å²) in [7, 11) is 0. The number of phenols is 1. The average Bonchev–Trinajstić information content (AvgIpc) is 2.41. The minimum atomic E-state index is -0.0325. The van der Waals surface area contributed by atoms with E-state index in [0.29, 0.717) is 17.5 Å². The number of carbonyl (C=O) groups is 1. The van der Waals surface area contributed by atoms with Crippen molar-refractivity contribution in [1.29, 1.82) is 0 Å². The quantitative estimate of drug-likeness (QED) is 0.829. The molecule has 2 rings (SSSR count). The maximum absolute atomic E-state index is 12.4. The number of rotatable bonds is 4. The molecule has 0 radical (unpaired) electrons. The van der Waals surface area contributed by atoms with Gasteiger partial charge in [0, 0.05) is 16.7 Å². The molecular weight excluding hydrogens is 224 g/mol. The Morgan fingerprint density at radius 1 is 1.06 bits per heavy atom. The van der Waals surface area contributed by atoms with E-state index in [4.69, 9.17) is 0 Å². The zero-order chi connectivity index (χ0) is 13.0. The third kappa shape index (κ3) is 2.43. The second-order valence-electron chi connectivity index (χ2n) is 4.25. The Morgan fingerprint density at radius 3 is 2.44 bits per heavy atom. The van der Waals surface area contributed by atoms with Crippen molar-refractivity contribution < 1.29 is 9.90 Å². The van der Waals surface area contributed by atoms with Crippen molar-refractivity contribution >= 4 is 5.78 Å². The molecule has 0 heterocycles. The minimum absolute atomic E-state index is 0.0325. The summed E-state index contributed by atoms with van der Waals surface area (Å²) in [6, 6.07) is 14.3. The van der Waals surface area contributed by atoms with Crippen LogP contribution in [0.2, 0.25) is 0 Å². The second kappa shape index (κ2) is 5.50. The fraction of sp³-hybridized carbons (Fsp3) is 0.188. The summed E-state index contributed by atoms with van der Waals surface area (Å²) >= 11 is 0. The molecule has 0 aliphatic rings. The molecule has 2 nitrogen and oxygen atoms in total. The largest absolute Gasteiger partial charge is 0.508 e. The molecule has 18 heavy (non-hydrogen) atoms. The molecule has 2 aromatic rings. The fourth-order valence-corrected chi connectivity index (χ4v) is 2.05. The van der Waals surface area contributed by atoms with Gasteiger partial charge in [-0.3, -0.25) is 4.79 Å². The lowest BCUT2D eigenvalue weighted by Crippen LogP contribution is -2.05. The van der Waals surface area contributed by atoms with Gasteiger partial charge < -0.3 is 5.11 Å². The molecule has 2 aromatic carbocycles. The van der Waals surface area contributed by atoms with Gasteiger partial charge in [0.25, 0.3) is 0 Å². The van der Waals surface area contributed by atoms with Crippen LogP contribution in [0, 0.1) is 0 Å². The molecule has 0 aromatic heterocycles. The summed E-state index contributed by atoms with van der Waals surface area (Å²) in [6.45, 7) is 2.03. The van der Waals surface area contributed by atoms with Gasteiger partial charge in [-0.05, 0) is 12.5 Å². The molecule has 2 heteroatoms. The van der Waals surface area contributed by atoms with Gasteiger partial charge in [0.05, 0.1) is 0 Å². The van der Waals surface area contributed by atoms with Crippen molar-refractivity contribution in [1.82, 2.24) is 0 Å². The SMILES string of the molecule is CCCc1c(O)cccc1C(=O)c1ccccc1. The van der Waals surface area contributed by atoms with E-state index in [1.165, 1.54) is 0 Å². The van der Waals surface area contributed by atoms with Crippen molar-refractivity contribution in [3.63, 3.8) is 0 Å². The monoisotopic (exact) mass is 240 g/mol. The molecular formula is C16H16O2. The topological polar surface area (TPSA) is 37.3 Å². The van der Waals surface area contributed by atoms with Crippen molar-refractivity contribution in [2.45, 2.75) is 19.8 Å². The molecule has 1 N–H and O–H groups in total. The Morgan fingerprint density at radius 2 is 1.78 bits per heavy atom. The highest BCUT2D eigenvalue weighted by Crippen LogP contribution is 2.24. The minimum Gasteiger partial charge on any atom is -0.508 e. The summed E-state index contributed by atoms with van der Waals surface area (Å²) in [5.74, 6) is 0.175. The average molecular weight is 240 g/mol. The predicted octanol–water partition coefficient (Wildman–Crippen LogP) is 3.58. The molecule has 0 fully saturated rings.